The van der Waals surface area contributed by atoms with Gasteiger partial charge in [0.2, 0.25) is 0 Å². The molecule has 5 nitrogen and oxygen atoms in total. The van der Waals surface area contributed by atoms with Crippen molar-refractivity contribution >= 4 is 27.6 Å². The topological polar surface area (TPSA) is 73.9 Å². The molecule has 26 heavy (non-hydrogen) atoms. The molecule has 0 aliphatic rings. The van der Waals surface area contributed by atoms with Crippen LogP contribution >= 0.6 is 0 Å². The Morgan fingerprint density at radius 2 is 1.92 bits per heavy atom. The normalized spacial score (nSPS) is 11.2. The number of nitrogens with two attached hydrogens (primary N) is 1. The van der Waals surface area contributed by atoms with Crippen molar-refractivity contribution < 1.29 is 4.74 Å². The van der Waals surface area contributed by atoms with Gasteiger partial charge in [0.15, 0.2) is 5.82 Å². The predicted octanol–water partition coefficient (Wildman–Crippen LogP) is 3.86. The fraction of sp³-hybridized carbons (Fsp3) is 0.190. The number of nitrogen functional groups attached to an aromatic ring is 1. The molecule has 4 aromatic rings. The standard InChI is InChI=1S/C21H20N4O/c1-13-3-8-17-18(11-13)25-21(22)20-19(17)14(9-10-23-20)4-5-15-6-7-16(26-2)12-24-15/h3,6-12H,4-5H2,1-2H3,(H2,22,25). The maximum Gasteiger partial charge on any atom is 0.150 e. The van der Waals surface area contributed by atoms with Crippen LogP contribution in [0, 0.1) is 6.92 Å². The second kappa shape index (κ2) is 6.59. The van der Waals surface area contributed by atoms with E-state index in [0.29, 0.717) is 5.82 Å². The van der Waals surface area contributed by atoms with Gasteiger partial charge in [0.25, 0.3) is 0 Å². The monoisotopic (exact) mass is 344 g/mol. The van der Waals surface area contributed by atoms with E-state index in [1.165, 1.54) is 5.56 Å². The SMILES string of the molecule is COc1ccc(CCc2ccnc3c(N)nc4cc(C)ccc4c23)nc1. The molecule has 5 heteroatoms. The van der Waals surface area contributed by atoms with Crippen molar-refractivity contribution in [2.75, 3.05) is 12.8 Å². The summed E-state index contributed by atoms with van der Waals surface area (Å²) >= 11 is 0. The summed E-state index contributed by atoms with van der Waals surface area (Å²) in [4.78, 5) is 13.5. The first-order chi connectivity index (χ1) is 12.7. The zero-order valence-corrected chi connectivity index (χ0v) is 14.9. The Morgan fingerprint density at radius 3 is 2.69 bits per heavy atom. The summed E-state index contributed by atoms with van der Waals surface area (Å²) in [6.07, 6.45) is 5.24. The summed E-state index contributed by atoms with van der Waals surface area (Å²) in [6, 6.07) is 12.3. The van der Waals surface area contributed by atoms with Gasteiger partial charge in [-0.15, -0.1) is 0 Å². The van der Waals surface area contributed by atoms with Gasteiger partial charge in [-0.1, -0.05) is 12.1 Å². The van der Waals surface area contributed by atoms with Crippen molar-refractivity contribution in [3.63, 3.8) is 0 Å². The van der Waals surface area contributed by atoms with E-state index in [1.807, 2.05) is 12.1 Å². The molecule has 0 aliphatic carbocycles. The lowest BCUT2D eigenvalue weighted by Crippen LogP contribution is -2.00. The molecule has 0 amide bonds. The molecular weight excluding hydrogens is 324 g/mol. The molecular formula is C21H20N4O. The van der Waals surface area contributed by atoms with Gasteiger partial charge in [0.1, 0.15) is 11.3 Å². The number of rotatable bonds is 4. The van der Waals surface area contributed by atoms with Gasteiger partial charge >= 0.3 is 0 Å². The van der Waals surface area contributed by atoms with Crippen molar-refractivity contribution in [2.45, 2.75) is 19.8 Å². The van der Waals surface area contributed by atoms with Gasteiger partial charge < -0.3 is 10.5 Å². The number of aryl methyl sites for hydroxylation is 3. The van der Waals surface area contributed by atoms with Crippen LogP contribution in [-0.4, -0.2) is 22.1 Å². The van der Waals surface area contributed by atoms with Crippen LogP contribution < -0.4 is 10.5 Å². The highest BCUT2D eigenvalue weighted by atomic mass is 16.5. The highest BCUT2D eigenvalue weighted by Gasteiger charge is 2.12. The molecule has 0 fully saturated rings. The zero-order chi connectivity index (χ0) is 18.1. The van der Waals surface area contributed by atoms with E-state index in [-0.39, 0.29) is 0 Å². The van der Waals surface area contributed by atoms with Gasteiger partial charge in [-0.25, -0.2) is 4.98 Å². The number of aromatic nitrogens is 3. The molecule has 0 aliphatic heterocycles. The van der Waals surface area contributed by atoms with Crippen LogP contribution in [-0.2, 0) is 12.8 Å². The van der Waals surface area contributed by atoms with E-state index in [2.05, 4.69) is 46.1 Å². The smallest absolute Gasteiger partial charge is 0.150 e. The molecule has 0 unspecified atom stereocenters. The van der Waals surface area contributed by atoms with E-state index in [1.54, 1.807) is 19.5 Å². The van der Waals surface area contributed by atoms with E-state index < -0.39 is 0 Å². The fourth-order valence-electron chi connectivity index (χ4n) is 3.28. The Morgan fingerprint density at radius 1 is 1.04 bits per heavy atom. The summed E-state index contributed by atoms with van der Waals surface area (Å²) in [5, 5.41) is 2.18. The number of hydrogen-bond acceptors (Lipinski definition) is 5. The Kier molecular flexibility index (Phi) is 4.13. The summed E-state index contributed by atoms with van der Waals surface area (Å²) in [7, 11) is 1.64. The van der Waals surface area contributed by atoms with Gasteiger partial charge in [-0.2, -0.15) is 0 Å². The third-order valence-corrected chi connectivity index (χ3v) is 4.63. The van der Waals surface area contributed by atoms with Gasteiger partial charge in [-0.05, 0) is 55.2 Å². The molecule has 1 aromatic carbocycles. The van der Waals surface area contributed by atoms with E-state index in [4.69, 9.17) is 10.5 Å². The highest BCUT2D eigenvalue weighted by Crippen LogP contribution is 2.30. The van der Waals surface area contributed by atoms with Gasteiger partial charge in [0.05, 0.1) is 18.8 Å². The lowest BCUT2D eigenvalue weighted by molar-refractivity contribution is 0.412. The summed E-state index contributed by atoms with van der Waals surface area (Å²) in [5.41, 5.74) is 11.2. The Bertz CT molecular complexity index is 1090. The Labute approximate surface area is 151 Å². The molecule has 0 radical (unpaired) electrons. The molecule has 3 heterocycles. The van der Waals surface area contributed by atoms with Gasteiger partial charge in [0, 0.05) is 22.7 Å². The second-order valence-electron chi connectivity index (χ2n) is 6.40. The first kappa shape index (κ1) is 16.3. The number of anilines is 1. The van der Waals surface area contributed by atoms with Crippen LogP contribution in [0.4, 0.5) is 5.82 Å². The lowest BCUT2D eigenvalue weighted by Gasteiger charge is -2.11. The van der Waals surface area contributed by atoms with E-state index >= 15 is 0 Å². The molecule has 0 saturated heterocycles. The third-order valence-electron chi connectivity index (χ3n) is 4.63. The first-order valence-electron chi connectivity index (χ1n) is 8.58. The van der Waals surface area contributed by atoms with Crippen LogP contribution in [0.1, 0.15) is 16.8 Å². The molecule has 0 saturated carbocycles. The number of pyridine rings is 3. The predicted molar refractivity (Wildman–Crippen MR) is 104 cm³/mol. The lowest BCUT2D eigenvalue weighted by atomic mass is 9.99. The van der Waals surface area contributed by atoms with Crippen molar-refractivity contribution in [1.29, 1.82) is 0 Å². The number of benzene rings is 1. The molecule has 4 rings (SSSR count). The van der Waals surface area contributed by atoms with Crippen molar-refractivity contribution in [1.82, 2.24) is 15.0 Å². The van der Waals surface area contributed by atoms with Crippen molar-refractivity contribution in [3.8, 4) is 5.75 Å². The van der Waals surface area contributed by atoms with Crippen LogP contribution in [0.25, 0.3) is 21.8 Å². The summed E-state index contributed by atoms with van der Waals surface area (Å²) in [5.74, 6) is 1.24. The molecule has 0 bridgehead atoms. The third kappa shape index (κ3) is 2.92. The van der Waals surface area contributed by atoms with Gasteiger partial charge in [-0.3, -0.25) is 9.97 Å². The second-order valence-corrected chi connectivity index (χ2v) is 6.40. The minimum atomic E-state index is 0.475. The Balaban J connectivity index is 1.77. The summed E-state index contributed by atoms with van der Waals surface area (Å²) < 4.78 is 5.17. The molecule has 130 valence electrons. The number of fused-ring (bicyclic) bond motifs is 3. The van der Waals surface area contributed by atoms with E-state index in [9.17, 15) is 0 Å². The van der Waals surface area contributed by atoms with Crippen LogP contribution in [0.5, 0.6) is 5.75 Å². The van der Waals surface area contributed by atoms with Crippen LogP contribution in [0.3, 0.4) is 0 Å². The quantitative estimate of drug-likeness (QED) is 0.569. The number of hydrogen-bond donors (Lipinski definition) is 1. The number of ether oxygens (including phenoxy) is 1. The average Bonchev–Trinajstić information content (AvgIpc) is 2.66. The van der Waals surface area contributed by atoms with Crippen molar-refractivity contribution in [3.05, 3.63) is 65.6 Å². The number of nitrogens with zero attached hydrogens (tertiary/aromatic N) is 3. The molecule has 0 spiro atoms. The summed E-state index contributed by atoms with van der Waals surface area (Å²) in [6.45, 7) is 2.06. The van der Waals surface area contributed by atoms with E-state index in [0.717, 1.165) is 51.7 Å². The fourth-order valence-corrected chi connectivity index (χ4v) is 3.28. The molecule has 0 atom stereocenters. The minimum absolute atomic E-state index is 0.475. The van der Waals surface area contributed by atoms with Crippen LogP contribution in [0.2, 0.25) is 0 Å². The van der Waals surface area contributed by atoms with Crippen molar-refractivity contribution in [2.24, 2.45) is 0 Å². The highest BCUT2D eigenvalue weighted by molar-refractivity contribution is 6.09. The maximum absolute atomic E-state index is 6.18. The van der Waals surface area contributed by atoms with Crippen LogP contribution in [0.15, 0.2) is 48.8 Å². The molecule has 3 aromatic heterocycles. The largest absolute Gasteiger partial charge is 0.495 e. The Hall–Kier alpha value is -3.21. The number of methoxy groups -OCH3 is 1. The molecule has 2 N–H and O–H groups in total. The zero-order valence-electron chi connectivity index (χ0n) is 14.9. The first-order valence-corrected chi connectivity index (χ1v) is 8.58. The minimum Gasteiger partial charge on any atom is -0.495 e. The maximum atomic E-state index is 6.18. The average molecular weight is 344 g/mol.